The number of carboxylic acid groups (broad SMARTS) is 1. The quantitative estimate of drug-likeness (QED) is 0.398. The molecule has 2 aromatic heterocycles. The number of aliphatic carboxylic acids is 1. The third-order valence-corrected chi connectivity index (χ3v) is 8.25. The van der Waals surface area contributed by atoms with Gasteiger partial charge >= 0.3 is 5.97 Å². The number of carbonyl (C=O) groups is 2. The van der Waals surface area contributed by atoms with Crippen LogP contribution in [0.2, 0.25) is 0 Å². The maximum Gasteiger partial charge on any atom is 0.308 e. The van der Waals surface area contributed by atoms with Gasteiger partial charge in [0.25, 0.3) is 0 Å². The predicted molar refractivity (Wildman–Crippen MR) is 150 cm³/mol. The number of anilines is 1. The number of unbranched alkanes of at least 4 members (excludes halogenated alkanes) is 1. The Balaban J connectivity index is 1.44. The number of aryl methyl sites for hydroxylation is 2. The molecule has 39 heavy (non-hydrogen) atoms. The maximum absolute atomic E-state index is 13.8. The number of carbonyl (C=O) groups excluding carboxylic acids is 1. The Labute approximate surface area is 230 Å². The molecule has 2 aliphatic rings. The Morgan fingerprint density at radius 3 is 2.79 bits per heavy atom. The van der Waals surface area contributed by atoms with Gasteiger partial charge in [0.1, 0.15) is 5.75 Å². The van der Waals surface area contributed by atoms with E-state index in [-0.39, 0.29) is 24.4 Å². The van der Waals surface area contributed by atoms with Gasteiger partial charge in [0.2, 0.25) is 5.91 Å². The van der Waals surface area contributed by atoms with Crippen molar-refractivity contribution in [3.63, 3.8) is 0 Å². The molecule has 1 amide bonds. The fourth-order valence-corrected chi connectivity index (χ4v) is 6.17. The molecule has 0 bridgehead atoms. The monoisotopic (exact) mass is 530 g/mol. The second kappa shape index (κ2) is 12.0. The molecule has 8 heteroatoms. The molecule has 0 radical (unpaired) electrons. The number of hydrogen-bond acceptors (Lipinski definition) is 5. The summed E-state index contributed by atoms with van der Waals surface area (Å²) in [6, 6.07) is 13.7. The van der Waals surface area contributed by atoms with Gasteiger partial charge in [-0.05, 0) is 60.7 Å². The second-order valence-electron chi connectivity index (χ2n) is 10.7. The summed E-state index contributed by atoms with van der Waals surface area (Å²) in [4.78, 5) is 34.8. The Morgan fingerprint density at radius 1 is 1.21 bits per heavy atom. The number of carboxylic acids is 1. The summed E-state index contributed by atoms with van der Waals surface area (Å²) >= 11 is 0. The Kier molecular flexibility index (Phi) is 8.31. The zero-order valence-electron chi connectivity index (χ0n) is 22.8. The summed E-state index contributed by atoms with van der Waals surface area (Å²) in [5.41, 5.74) is 4.08. The molecule has 3 unspecified atom stereocenters. The van der Waals surface area contributed by atoms with Crippen molar-refractivity contribution in [3.05, 3.63) is 77.9 Å². The normalized spacial score (nSPS) is 20.5. The van der Waals surface area contributed by atoms with Crippen LogP contribution in [-0.4, -0.2) is 63.7 Å². The van der Waals surface area contributed by atoms with E-state index in [1.54, 1.807) is 17.3 Å². The van der Waals surface area contributed by atoms with Crippen molar-refractivity contribution >= 4 is 17.6 Å². The number of aromatic nitrogens is 2. The fraction of sp³-hybridized carbons (Fsp3) is 0.452. The summed E-state index contributed by atoms with van der Waals surface area (Å²) < 4.78 is 7.77. The molecular weight excluding hydrogens is 492 g/mol. The number of rotatable bonds is 11. The SMILES string of the molecule is CCCCN(C(=O)CN1CC(c2ccc3c(c2)CCO3)C(C(=O)O)C1CCc1cccn1C)c1cccnc1. The van der Waals surface area contributed by atoms with Gasteiger partial charge in [0.05, 0.1) is 31.0 Å². The van der Waals surface area contributed by atoms with E-state index in [0.717, 1.165) is 53.9 Å². The van der Waals surface area contributed by atoms with Gasteiger partial charge in [-0.25, -0.2) is 0 Å². The van der Waals surface area contributed by atoms with Crippen LogP contribution in [0, 0.1) is 5.92 Å². The highest BCUT2D eigenvalue weighted by Gasteiger charge is 2.47. The van der Waals surface area contributed by atoms with E-state index in [2.05, 4.69) is 33.5 Å². The molecule has 3 atom stereocenters. The fourth-order valence-electron chi connectivity index (χ4n) is 6.17. The van der Waals surface area contributed by atoms with Crippen molar-refractivity contribution in [2.75, 3.05) is 31.1 Å². The minimum Gasteiger partial charge on any atom is -0.493 e. The second-order valence-corrected chi connectivity index (χ2v) is 10.7. The van der Waals surface area contributed by atoms with Crippen LogP contribution in [0.25, 0.3) is 0 Å². The van der Waals surface area contributed by atoms with Crippen molar-refractivity contribution in [2.45, 2.75) is 51.0 Å². The van der Waals surface area contributed by atoms with Crippen molar-refractivity contribution in [2.24, 2.45) is 13.0 Å². The zero-order valence-corrected chi connectivity index (χ0v) is 22.8. The lowest BCUT2D eigenvalue weighted by Crippen LogP contribution is -2.44. The van der Waals surface area contributed by atoms with Crippen LogP contribution in [0.4, 0.5) is 5.69 Å². The summed E-state index contributed by atoms with van der Waals surface area (Å²) in [5, 5.41) is 10.5. The first kappa shape index (κ1) is 26.9. The lowest BCUT2D eigenvalue weighted by Gasteiger charge is -2.29. The lowest BCUT2D eigenvalue weighted by molar-refractivity contribution is -0.143. The molecule has 4 heterocycles. The average molecular weight is 531 g/mol. The van der Waals surface area contributed by atoms with Gasteiger partial charge in [-0.1, -0.05) is 25.5 Å². The largest absolute Gasteiger partial charge is 0.493 e. The first-order chi connectivity index (χ1) is 19.0. The van der Waals surface area contributed by atoms with Crippen LogP contribution in [0.3, 0.4) is 0 Å². The van der Waals surface area contributed by atoms with E-state index in [1.165, 1.54) is 0 Å². The third-order valence-electron chi connectivity index (χ3n) is 8.25. The molecule has 1 saturated heterocycles. The Morgan fingerprint density at radius 2 is 2.08 bits per heavy atom. The molecule has 0 spiro atoms. The van der Waals surface area contributed by atoms with Crippen molar-refractivity contribution in [1.82, 2.24) is 14.5 Å². The van der Waals surface area contributed by atoms with Crippen molar-refractivity contribution in [3.8, 4) is 5.75 Å². The summed E-state index contributed by atoms with van der Waals surface area (Å²) in [6.45, 7) is 4.07. The number of ether oxygens (including phenoxy) is 1. The number of fused-ring (bicyclic) bond motifs is 1. The maximum atomic E-state index is 13.8. The van der Waals surface area contributed by atoms with E-state index < -0.39 is 11.9 Å². The minimum atomic E-state index is -0.807. The number of pyridine rings is 1. The van der Waals surface area contributed by atoms with Gasteiger partial charge in [0.15, 0.2) is 0 Å². The summed E-state index contributed by atoms with van der Waals surface area (Å²) in [6.07, 6.45) is 9.53. The highest BCUT2D eigenvalue weighted by molar-refractivity contribution is 5.94. The topological polar surface area (TPSA) is 87.9 Å². The van der Waals surface area contributed by atoms with Crippen molar-refractivity contribution < 1.29 is 19.4 Å². The first-order valence-electron chi connectivity index (χ1n) is 14.0. The molecule has 5 rings (SSSR count). The van der Waals surface area contributed by atoms with Crippen LogP contribution in [-0.2, 0) is 29.5 Å². The summed E-state index contributed by atoms with van der Waals surface area (Å²) in [7, 11) is 2.01. The molecule has 1 N–H and O–H groups in total. The van der Waals surface area contributed by atoms with Crippen LogP contribution < -0.4 is 9.64 Å². The standard InChI is InChI=1S/C31H38N4O4/c1-3-4-16-35(25-7-5-14-32-19-25)29(36)21-34-20-26(22-9-12-28-23(18-22)13-17-39-28)30(31(37)38)27(34)11-10-24-8-6-15-33(24)2/h5-9,12,14-15,18-19,26-27,30H,3-4,10-11,13,16-17,20-21H2,1-2H3,(H,37,38). The van der Waals surface area contributed by atoms with E-state index >= 15 is 0 Å². The molecule has 3 aromatic rings. The van der Waals surface area contributed by atoms with Gasteiger partial charge < -0.3 is 19.3 Å². The average Bonchev–Trinajstić information content (AvgIpc) is 3.66. The molecule has 0 aliphatic carbocycles. The van der Waals surface area contributed by atoms with Gasteiger partial charge in [0, 0.05) is 56.6 Å². The molecule has 8 nitrogen and oxygen atoms in total. The van der Waals surface area contributed by atoms with Crippen LogP contribution in [0.5, 0.6) is 5.75 Å². The van der Waals surface area contributed by atoms with Crippen LogP contribution in [0.1, 0.15) is 48.9 Å². The smallest absolute Gasteiger partial charge is 0.308 e. The number of nitrogens with zero attached hydrogens (tertiary/aromatic N) is 4. The van der Waals surface area contributed by atoms with Gasteiger partial charge in [-0.15, -0.1) is 0 Å². The highest BCUT2D eigenvalue weighted by atomic mass is 16.5. The number of benzene rings is 1. The highest BCUT2D eigenvalue weighted by Crippen LogP contribution is 2.41. The molecule has 0 saturated carbocycles. The number of amides is 1. The van der Waals surface area contributed by atoms with Crippen LogP contribution in [0.15, 0.2) is 61.1 Å². The predicted octanol–water partition coefficient (Wildman–Crippen LogP) is 4.29. The van der Waals surface area contributed by atoms with E-state index in [0.29, 0.717) is 26.1 Å². The molecular formula is C31H38N4O4. The summed E-state index contributed by atoms with van der Waals surface area (Å²) in [5.74, 6) is -0.756. The zero-order chi connectivity index (χ0) is 27.4. The first-order valence-corrected chi connectivity index (χ1v) is 14.0. The van der Waals surface area contributed by atoms with E-state index in [9.17, 15) is 14.7 Å². The lowest BCUT2D eigenvalue weighted by atomic mass is 9.83. The molecule has 1 fully saturated rings. The molecule has 206 valence electrons. The Bertz CT molecular complexity index is 1290. The van der Waals surface area contributed by atoms with E-state index in [4.69, 9.17) is 4.74 Å². The third kappa shape index (κ3) is 5.86. The van der Waals surface area contributed by atoms with Gasteiger partial charge in [-0.2, -0.15) is 0 Å². The minimum absolute atomic E-state index is 0.0209. The van der Waals surface area contributed by atoms with Crippen molar-refractivity contribution in [1.29, 1.82) is 0 Å². The Hall–Kier alpha value is -3.65. The number of hydrogen-bond donors (Lipinski definition) is 1. The molecule has 1 aromatic carbocycles. The van der Waals surface area contributed by atoms with E-state index in [1.807, 2.05) is 43.6 Å². The van der Waals surface area contributed by atoms with Gasteiger partial charge in [-0.3, -0.25) is 19.5 Å². The molecule has 2 aliphatic heterocycles. The number of likely N-dealkylation sites (tertiary alicyclic amines) is 1. The van der Waals surface area contributed by atoms with Crippen LogP contribution >= 0.6 is 0 Å².